The number of benzene rings is 1. The summed E-state index contributed by atoms with van der Waals surface area (Å²) in [6, 6.07) is 8.65. The maximum Gasteiger partial charge on any atom is 0.268 e. The minimum atomic E-state index is -0.309. The molecule has 2 aromatic rings. The lowest BCUT2D eigenvalue weighted by molar-refractivity contribution is 0.0901. The normalized spacial score (nSPS) is 10.2. The number of H-pyrrole nitrogens is 1. The van der Waals surface area contributed by atoms with Crippen LogP contribution in [-0.4, -0.2) is 23.2 Å². The molecular formula is C13H10Br2N2O2. The van der Waals surface area contributed by atoms with E-state index in [1.165, 1.54) is 0 Å². The fourth-order valence-corrected chi connectivity index (χ4v) is 2.10. The number of carbonyl (C=O) groups is 2. The van der Waals surface area contributed by atoms with E-state index in [0.29, 0.717) is 11.3 Å². The van der Waals surface area contributed by atoms with Gasteiger partial charge in [0.15, 0.2) is 5.78 Å². The Labute approximate surface area is 126 Å². The van der Waals surface area contributed by atoms with E-state index in [1.807, 2.05) is 0 Å². The van der Waals surface area contributed by atoms with E-state index < -0.39 is 0 Å². The molecule has 6 heteroatoms. The summed E-state index contributed by atoms with van der Waals surface area (Å²) in [6.45, 7) is -0.0307. The van der Waals surface area contributed by atoms with Crippen LogP contribution in [-0.2, 0) is 0 Å². The molecule has 0 bridgehead atoms. The van der Waals surface area contributed by atoms with Gasteiger partial charge in [0.25, 0.3) is 5.91 Å². The quantitative estimate of drug-likeness (QED) is 0.794. The molecule has 0 atom stereocenters. The fourth-order valence-electron chi connectivity index (χ4n) is 1.49. The van der Waals surface area contributed by atoms with Gasteiger partial charge in [-0.2, -0.15) is 0 Å². The minimum Gasteiger partial charge on any atom is -0.356 e. The Bertz CT molecular complexity index is 605. The molecule has 4 nitrogen and oxygen atoms in total. The third-order valence-electron chi connectivity index (χ3n) is 2.47. The van der Waals surface area contributed by atoms with Gasteiger partial charge in [0.2, 0.25) is 0 Å². The van der Waals surface area contributed by atoms with Gasteiger partial charge in [-0.1, -0.05) is 28.1 Å². The maximum atomic E-state index is 11.8. The number of carbonyl (C=O) groups excluding carboxylic acids is 2. The molecule has 0 saturated heterocycles. The number of hydrogen-bond donors (Lipinski definition) is 2. The molecule has 1 aromatic carbocycles. The van der Waals surface area contributed by atoms with Crippen molar-refractivity contribution in [3.8, 4) is 0 Å². The number of hydrogen-bond acceptors (Lipinski definition) is 2. The van der Waals surface area contributed by atoms with Crippen LogP contribution in [0.2, 0.25) is 0 Å². The summed E-state index contributed by atoms with van der Waals surface area (Å²) in [5.74, 6) is -0.442. The molecule has 1 amide bonds. The number of Topliss-reactive ketones (excluding diaryl/α,β-unsaturated/α-hetero) is 1. The number of ketones is 1. The van der Waals surface area contributed by atoms with Gasteiger partial charge in [0.05, 0.1) is 6.54 Å². The van der Waals surface area contributed by atoms with Crippen molar-refractivity contribution in [3.63, 3.8) is 0 Å². The standard InChI is InChI=1S/C13H10Br2N2O2/c14-9-3-1-8(2-4-9)12(18)7-17-13(19)11-5-10(15)6-16-11/h1-6,16H,7H2,(H,17,19). The summed E-state index contributed by atoms with van der Waals surface area (Å²) >= 11 is 6.54. The first kappa shape index (κ1) is 14.0. The zero-order valence-electron chi connectivity index (χ0n) is 9.74. The van der Waals surface area contributed by atoms with Crippen molar-refractivity contribution >= 4 is 43.6 Å². The number of halogens is 2. The molecule has 2 rings (SSSR count). The molecule has 0 aliphatic heterocycles. The van der Waals surface area contributed by atoms with Gasteiger partial charge < -0.3 is 10.3 Å². The van der Waals surface area contributed by atoms with E-state index in [1.54, 1.807) is 36.5 Å². The Morgan fingerprint density at radius 2 is 1.79 bits per heavy atom. The monoisotopic (exact) mass is 384 g/mol. The first-order valence-electron chi connectivity index (χ1n) is 5.47. The Kier molecular flexibility index (Phi) is 4.55. The molecule has 19 heavy (non-hydrogen) atoms. The van der Waals surface area contributed by atoms with Gasteiger partial charge in [0, 0.05) is 20.7 Å². The number of amides is 1. The lowest BCUT2D eigenvalue weighted by atomic mass is 10.1. The topological polar surface area (TPSA) is 62.0 Å². The third kappa shape index (κ3) is 3.78. The second kappa shape index (κ2) is 6.16. The molecule has 0 spiro atoms. The summed E-state index contributed by atoms with van der Waals surface area (Å²) < 4.78 is 1.70. The number of aromatic amines is 1. The molecule has 0 radical (unpaired) electrons. The second-order valence-corrected chi connectivity index (χ2v) is 5.68. The highest BCUT2D eigenvalue weighted by molar-refractivity contribution is 9.10. The molecule has 0 fully saturated rings. The van der Waals surface area contributed by atoms with Crippen molar-refractivity contribution in [2.45, 2.75) is 0 Å². The largest absolute Gasteiger partial charge is 0.356 e. The summed E-state index contributed by atoms with van der Waals surface area (Å²) in [5, 5.41) is 2.57. The first-order valence-corrected chi connectivity index (χ1v) is 7.06. The highest BCUT2D eigenvalue weighted by atomic mass is 79.9. The number of aromatic nitrogens is 1. The van der Waals surface area contributed by atoms with E-state index in [9.17, 15) is 9.59 Å². The van der Waals surface area contributed by atoms with Crippen LogP contribution in [0, 0.1) is 0 Å². The van der Waals surface area contributed by atoms with E-state index in [0.717, 1.165) is 8.95 Å². The summed E-state index contributed by atoms with van der Waals surface area (Å²) in [5.41, 5.74) is 0.978. The summed E-state index contributed by atoms with van der Waals surface area (Å²) in [6.07, 6.45) is 1.66. The van der Waals surface area contributed by atoms with Crippen molar-refractivity contribution in [1.29, 1.82) is 0 Å². The van der Waals surface area contributed by atoms with Gasteiger partial charge >= 0.3 is 0 Å². The van der Waals surface area contributed by atoms with Crippen molar-refractivity contribution in [2.75, 3.05) is 6.54 Å². The van der Waals surface area contributed by atoms with Crippen LogP contribution in [0.4, 0.5) is 0 Å². The predicted octanol–water partition coefficient (Wildman–Crippen LogP) is 3.15. The van der Waals surface area contributed by atoms with E-state index in [4.69, 9.17) is 0 Å². The van der Waals surface area contributed by atoms with Crippen LogP contribution in [0.5, 0.6) is 0 Å². The molecule has 0 saturated carbocycles. The first-order chi connectivity index (χ1) is 9.06. The van der Waals surface area contributed by atoms with Crippen molar-refractivity contribution in [3.05, 3.63) is 56.7 Å². The molecule has 0 unspecified atom stereocenters. The molecule has 2 N–H and O–H groups in total. The summed E-state index contributed by atoms with van der Waals surface area (Å²) in [7, 11) is 0. The van der Waals surface area contributed by atoms with Crippen LogP contribution < -0.4 is 5.32 Å². The highest BCUT2D eigenvalue weighted by Gasteiger charge is 2.11. The van der Waals surface area contributed by atoms with E-state index in [-0.39, 0.29) is 18.2 Å². The van der Waals surface area contributed by atoms with Gasteiger partial charge in [-0.15, -0.1) is 0 Å². The van der Waals surface area contributed by atoms with Crippen LogP contribution in [0.15, 0.2) is 45.5 Å². The third-order valence-corrected chi connectivity index (χ3v) is 3.45. The van der Waals surface area contributed by atoms with Gasteiger partial charge in [-0.05, 0) is 34.1 Å². The molecule has 1 heterocycles. The SMILES string of the molecule is O=C(CNC(=O)c1cc(Br)c[nH]1)c1ccc(Br)cc1. The Hall–Kier alpha value is -1.40. The lowest BCUT2D eigenvalue weighted by Gasteiger charge is -2.03. The van der Waals surface area contributed by atoms with Crippen LogP contribution >= 0.6 is 31.9 Å². The number of rotatable bonds is 4. The van der Waals surface area contributed by atoms with E-state index >= 15 is 0 Å². The Morgan fingerprint density at radius 1 is 1.11 bits per heavy atom. The zero-order valence-corrected chi connectivity index (χ0v) is 12.9. The molecule has 0 aliphatic carbocycles. The van der Waals surface area contributed by atoms with Crippen LogP contribution in [0.3, 0.4) is 0 Å². The Morgan fingerprint density at radius 3 is 2.37 bits per heavy atom. The second-order valence-electron chi connectivity index (χ2n) is 3.84. The average Bonchev–Trinajstić information content (AvgIpc) is 2.83. The highest BCUT2D eigenvalue weighted by Crippen LogP contribution is 2.11. The van der Waals surface area contributed by atoms with Gasteiger partial charge in [0.1, 0.15) is 5.69 Å². The fraction of sp³-hybridized carbons (Fsp3) is 0.0769. The molecule has 1 aromatic heterocycles. The minimum absolute atomic E-state index is 0.0307. The smallest absolute Gasteiger partial charge is 0.268 e. The van der Waals surface area contributed by atoms with Crippen molar-refractivity contribution < 1.29 is 9.59 Å². The van der Waals surface area contributed by atoms with Gasteiger partial charge in [-0.25, -0.2) is 0 Å². The zero-order chi connectivity index (χ0) is 13.8. The van der Waals surface area contributed by atoms with Crippen molar-refractivity contribution in [1.82, 2.24) is 10.3 Å². The maximum absolute atomic E-state index is 11.8. The van der Waals surface area contributed by atoms with Crippen LogP contribution in [0.1, 0.15) is 20.8 Å². The average molecular weight is 386 g/mol. The Balaban J connectivity index is 1.93. The molecule has 0 aliphatic rings. The van der Waals surface area contributed by atoms with Gasteiger partial charge in [-0.3, -0.25) is 9.59 Å². The molecule has 98 valence electrons. The lowest BCUT2D eigenvalue weighted by Crippen LogP contribution is -2.29. The van der Waals surface area contributed by atoms with E-state index in [2.05, 4.69) is 42.2 Å². The molecular weight excluding hydrogens is 376 g/mol. The predicted molar refractivity (Wildman–Crippen MR) is 79.3 cm³/mol. The van der Waals surface area contributed by atoms with Crippen molar-refractivity contribution in [2.24, 2.45) is 0 Å². The summed E-state index contributed by atoms with van der Waals surface area (Å²) in [4.78, 5) is 26.4. The van der Waals surface area contributed by atoms with Crippen LogP contribution in [0.25, 0.3) is 0 Å². The number of nitrogens with one attached hydrogen (secondary N) is 2.